The van der Waals surface area contributed by atoms with E-state index in [0.29, 0.717) is 6.61 Å². The number of hydrogen-bond donors (Lipinski definition) is 0. The van der Waals surface area contributed by atoms with Crippen LogP contribution in [0, 0.1) is 0 Å². The average Bonchev–Trinajstić information content (AvgIpc) is 2.69. The minimum Gasteiger partial charge on any atom is -0.371 e. The minimum absolute atomic E-state index is 0.105. The molecule has 2 rings (SSSR count). The lowest BCUT2D eigenvalue weighted by Crippen LogP contribution is -2.20. The van der Waals surface area contributed by atoms with Crippen LogP contribution in [-0.2, 0) is 20.8 Å². The van der Waals surface area contributed by atoms with Crippen molar-refractivity contribution in [2.24, 2.45) is 0 Å². The Morgan fingerprint density at radius 1 is 1.31 bits per heavy atom. The van der Waals surface area contributed by atoms with Gasteiger partial charge in [0.25, 0.3) is 0 Å². The second-order valence-electron chi connectivity index (χ2n) is 4.08. The van der Waals surface area contributed by atoms with Crippen LogP contribution in [0.5, 0.6) is 0 Å². The van der Waals surface area contributed by atoms with Crippen LogP contribution in [0.2, 0.25) is 0 Å². The van der Waals surface area contributed by atoms with Crippen molar-refractivity contribution in [3.63, 3.8) is 0 Å². The molecule has 1 fully saturated rings. The zero-order chi connectivity index (χ0) is 11.4. The van der Waals surface area contributed by atoms with Gasteiger partial charge in [0.05, 0.1) is 18.8 Å². The summed E-state index contributed by atoms with van der Waals surface area (Å²) in [4.78, 5) is 0. The summed E-state index contributed by atoms with van der Waals surface area (Å²) in [6, 6.07) is 10.2. The number of ether oxygens (including phenoxy) is 3. The minimum atomic E-state index is -0.115. The summed E-state index contributed by atoms with van der Waals surface area (Å²) < 4.78 is 16.6. The normalized spacial score (nSPS) is 29.5. The molecule has 1 aromatic carbocycles. The largest absolute Gasteiger partial charge is 0.371 e. The molecule has 88 valence electrons. The first-order valence-electron chi connectivity index (χ1n) is 5.63. The Balaban J connectivity index is 1.82. The van der Waals surface area contributed by atoms with Gasteiger partial charge in [-0.3, -0.25) is 0 Å². The number of benzene rings is 1. The third-order valence-corrected chi connectivity index (χ3v) is 2.88. The lowest BCUT2D eigenvalue weighted by atomic mass is 10.2. The van der Waals surface area contributed by atoms with Crippen LogP contribution in [0.1, 0.15) is 18.9 Å². The van der Waals surface area contributed by atoms with Gasteiger partial charge in [0.2, 0.25) is 0 Å². The lowest BCUT2D eigenvalue weighted by molar-refractivity contribution is -0.114. The van der Waals surface area contributed by atoms with Gasteiger partial charge >= 0.3 is 0 Å². The molecular formula is C13H18O3. The molecule has 0 unspecified atom stereocenters. The Hall–Kier alpha value is -0.900. The van der Waals surface area contributed by atoms with Crippen molar-refractivity contribution >= 4 is 0 Å². The molecule has 0 amide bonds. The molecule has 1 aromatic rings. The van der Waals surface area contributed by atoms with Gasteiger partial charge in [-0.05, 0) is 12.5 Å². The third-order valence-electron chi connectivity index (χ3n) is 2.88. The molecule has 0 aromatic heterocycles. The lowest BCUT2D eigenvalue weighted by Gasteiger charge is -2.14. The zero-order valence-corrected chi connectivity index (χ0v) is 9.76. The van der Waals surface area contributed by atoms with Gasteiger partial charge in [-0.15, -0.1) is 0 Å². The fourth-order valence-corrected chi connectivity index (χ4v) is 1.90. The molecule has 3 nitrogen and oxygen atoms in total. The molecule has 3 heteroatoms. The quantitative estimate of drug-likeness (QED) is 0.782. The van der Waals surface area contributed by atoms with Crippen molar-refractivity contribution in [2.75, 3.05) is 7.11 Å². The van der Waals surface area contributed by atoms with Crippen molar-refractivity contribution < 1.29 is 14.2 Å². The van der Waals surface area contributed by atoms with E-state index in [2.05, 4.69) is 12.1 Å². The Morgan fingerprint density at radius 2 is 2.06 bits per heavy atom. The third kappa shape index (κ3) is 2.82. The highest BCUT2D eigenvalue weighted by Gasteiger charge is 2.32. The summed E-state index contributed by atoms with van der Waals surface area (Å²) in [5.74, 6) is 0. The molecule has 0 saturated carbocycles. The molecule has 0 radical (unpaired) electrons. The SMILES string of the molecule is CO[C@@H]1C[C@H](OCc2ccccc2)[C@@H](C)O1. The molecular weight excluding hydrogens is 204 g/mol. The first-order chi connectivity index (χ1) is 7.79. The van der Waals surface area contributed by atoms with E-state index < -0.39 is 0 Å². The van der Waals surface area contributed by atoms with Gasteiger partial charge in [0, 0.05) is 13.5 Å². The Labute approximate surface area is 96.3 Å². The Bertz CT molecular complexity index is 312. The van der Waals surface area contributed by atoms with E-state index in [4.69, 9.17) is 14.2 Å². The predicted molar refractivity (Wildman–Crippen MR) is 61.0 cm³/mol. The summed E-state index contributed by atoms with van der Waals surface area (Å²) >= 11 is 0. The highest BCUT2D eigenvalue weighted by atomic mass is 16.7. The standard InChI is InChI=1S/C13H18O3/c1-10-12(8-13(14-2)16-10)15-9-11-6-4-3-5-7-11/h3-7,10,12-13H,8-9H2,1-2H3/t10-,12+,13+/m1/s1. The monoisotopic (exact) mass is 222 g/mol. The van der Waals surface area contributed by atoms with E-state index in [1.165, 1.54) is 5.56 Å². The second kappa shape index (κ2) is 5.43. The highest BCUT2D eigenvalue weighted by Crippen LogP contribution is 2.24. The Kier molecular flexibility index (Phi) is 3.93. The van der Waals surface area contributed by atoms with Crippen LogP contribution in [0.4, 0.5) is 0 Å². The molecule has 1 heterocycles. The van der Waals surface area contributed by atoms with E-state index in [9.17, 15) is 0 Å². The number of hydrogen-bond acceptors (Lipinski definition) is 3. The highest BCUT2D eigenvalue weighted by molar-refractivity contribution is 5.13. The molecule has 16 heavy (non-hydrogen) atoms. The number of methoxy groups -OCH3 is 1. The van der Waals surface area contributed by atoms with Crippen LogP contribution >= 0.6 is 0 Å². The van der Waals surface area contributed by atoms with E-state index in [1.54, 1.807) is 7.11 Å². The first kappa shape index (κ1) is 11.6. The van der Waals surface area contributed by atoms with Crippen LogP contribution < -0.4 is 0 Å². The van der Waals surface area contributed by atoms with Crippen molar-refractivity contribution in [2.45, 2.75) is 38.4 Å². The molecule has 0 aliphatic carbocycles. The van der Waals surface area contributed by atoms with Gasteiger partial charge in [-0.25, -0.2) is 0 Å². The van der Waals surface area contributed by atoms with E-state index >= 15 is 0 Å². The van der Waals surface area contributed by atoms with Crippen molar-refractivity contribution in [1.82, 2.24) is 0 Å². The predicted octanol–water partition coefficient (Wildman–Crippen LogP) is 2.35. The fraction of sp³-hybridized carbons (Fsp3) is 0.538. The van der Waals surface area contributed by atoms with Crippen molar-refractivity contribution in [1.29, 1.82) is 0 Å². The van der Waals surface area contributed by atoms with Gasteiger partial charge in [-0.2, -0.15) is 0 Å². The summed E-state index contributed by atoms with van der Waals surface area (Å²) in [5, 5.41) is 0. The van der Waals surface area contributed by atoms with Crippen LogP contribution in [0.25, 0.3) is 0 Å². The molecule has 3 atom stereocenters. The molecule has 1 aliphatic rings. The summed E-state index contributed by atoms with van der Waals surface area (Å²) in [6.07, 6.45) is 0.930. The van der Waals surface area contributed by atoms with E-state index in [-0.39, 0.29) is 18.5 Å². The maximum atomic E-state index is 5.83. The summed E-state index contributed by atoms with van der Waals surface area (Å²) in [6.45, 7) is 2.66. The Morgan fingerprint density at radius 3 is 2.69 bits per heavy atom. The maximum Gasteiger partial charge on any atom is 0.160 e. The van der Waals surface area contributed by atoms with Crippen LogP contribution in [0.15, 0.2) is 30.3 Å². The van der Waals surface area contributed by atoms with Gasteiger partial charge in [-0.1, -0.05) is 30.3 Å². The van der Waals surface area contributed by atoms with Crippen molar-refractivity contribution in [3.8, 4) is 0 Å². The molecule has 0 spiro atoms. The maximum absolute atomic E-state index is 5.83. The second-order valence-corrected chi connectivity index (χ2v) is 4.08. The smallest absolute Gasteiger partial charge is 0.160 e. The van der Waals surface area contributed by atoms with Gasteiger partial charge < -0.3 is 14.2 Å². The topological polar surface area (TPSA) is 27.7 Å². The molecule has 1 saturated heterocycles. The molecule has 0 bridgehead atoms. The molecule has 1 aliphatic heterocycles. The number of rotatable bonds is 4. The average molecular weight is 222 g/mol. The van der Waals surface area contributed by atoms with Crippen molar-refractivity contribution in [3.05, 3.63) is 35.9 Å². The first-order valence-corrected chi connectivity index (χ1v) is 5.63. The zero-order valence-electron chi connectivity index (χ0n) is 9.76. The van der Waals surface area contributed by atoms with Crippen LogP contribution in [0.3, 0.4) is 0 Å². The molecule has 0 N–H and O–H groups in total. The summed E-state index contributed by atoms with van der Waals surface area (Å²) in [5.41, 5.74) is 1.19. The van der Waals surface area contributed by atoms with Gasteiger partial charge in [0.15, 0.2) is 6.29 Å². The fourth-order valence-electron chi connectivity index (χ4n) is 1.90. The van der Waals surface area contributed by atoms with E-state index in [1.807, 2.05) is 25.1 Å². The van der Waals surface area contributed by atoms with Crippen LogP contribution in [-0.4, -0.2) is 25.6 Å². The van der Waals surface area contributed by atoms with Gasteiger partial charge in [0.1, 0.15) is 0 Å². The van der Waals surface area contributed by atoms with E-state index in [0.717, 1.165) is 6.42 Å². The summed E-state index contributed by atoms with van der Waals surface area (Å²) in [7, 11) is 1.66.